The molecule has 0 spiro atoms. The lowest BCUT2D eigenvalue weighted by Crippen LogP contribution is -2.38. The molecule has 4 rings (SSSR count). The number of phenols is 1. The van der Waals surface area contributed by atoms with Crippen LogP contribution in [-0.2, 0) is 11.2 Å². The van der Waals surface area contributed by atoms with Crippen LogP contribution >= 0.6 is 0 Å². The molecule has 1 fully saturated rings. The van der Waals surface area contributed by atoms with Gasteiger partial charge in [-0.2, -0.15) is 0 Å². The number of ether oxygens (including phenoxy) is 1. The van der Waals surface area contributed by atoms with Crippen molar-refractivity contribution in [1.29, 1.82) is 0 Å². The van der Waals surface area contributed by atoms with Crippen molar-refractivity contribution in [3.05, 3.63) is 71.3 Å². The van der Waals surface area contributed by atoms with Gasteiger partial charge in [-0.25, -0.2) is 0 Å². The summed E-state index contributed by atoms with van der Waals surface area (Å²) in [5, 5.41) is 29.3. The zero-order valence-corrected chi connectivity index (χ0v) is 13.9. The topological polar surface area (TPSA) is 69.9 Å². The van der Waals surface area contributed by atoms with Gasteiger partial charge in [0, 0.05) is 18.8 Å². The van der Waals surface area contributed by atoms with Crippen molar-refractivity contribution < 1.29 is 20.1 Å². The lowest BCUT2D eigenvalue weighted by atomic mass is 9.89. The average Bonchev–Trinajstić information content (AvgIpc) is 2.95. The molecule has 2 aromatic carbocycles. The molecular formula is C21H22O4. The number of aromatic hydroxyl groups is 1. The Bertz CT molecular complexity index is 771. The summed E-state index contributed by atoms with van der Waals surface area (Å²) in [4.78, 5) is 0. The van der Waals surface area contributed by atoms with E-state index in [1.807, 2.05) is 24.3 Å². The number of allylic oxidation sites excluding steroid dienone is 1. The van der Waals surface area contributed by atoms with E-state index in [4.69, 9.17) is 4.74 Å². The van der Waals surface area contributed by atoms with Crippen molar-refractivity contribution in [1.82, 2.24) is 0 Å². The highest BCUT2D eigenvalue weighted by molar-refractivity contribution is 5.76. The number of hydrogen-bond acceptors (Lipinski definition) is 4. The van der Waals surface area contributed by atoms with Crippen molar-refractivity contribution in [2.24, 2.45) is 0 Å². The Labute approximate surface area is 147 Å². The highest BCUT2D eigenvalue weighted by Crippen LogP contribution is 2.42. The van der Waals surface area contributed by atoms with Crippen LogP contribution in [0.2, 0.25) is 0 Å². The van der Waals surface area contributed by atoms with Gasteiger partial charge in [0.15, 0.2) is 6.29 Å². The minimum absolute atomic E-state index is 0.0351. The predicted octanol–water partition coefficient (Wildman–Crippen LogP) is 2.97. The SMILES string of the molecule is Oc1ccc(CC2=CC([C@H]3C[C@@H](O)C[C@@H](O)O3)c3ccccc32)cc1. The van der Waals surface area contributed by atoms with E-state index >= 15 is 0 Å². The number of benzene rings is 2. The van der Waals surface area contributed by atoms with Gasteiger partial charge in [-0.05, 0) is 40.8 Å². The third-order valence-corrected chi connectivity index (χ3v) is 5.09. The fourth-order valence-corrected chi connectivity index (χ4v) is 3.91. The third-order valence-electron chi connectivity index (χ3n) is 5.09. The Hall–Kier alpha value is -2.14. The van der Waals surface area contributed by atoms with E-state index in [0.717, 1.165) is 12.0 Å². The highest BCUT2D eigenvalue weighted by atomic mass is 16.6. The van der Waals surface area contributed by atoms with Crippen molar-refractivity contribution >= 4 is 5.57 Å². The lowest BCUT2D eigenvalue weighted by molar-refractivity contribution is -0.191. The second kappa shape index (κ2) is 6.64. The van der Waals surface area contributed by atoms with Crippen molar-refractivity contribution in [2.75, 3.05) is 0 Å². The van der Waals surface area contributed by atoms with Crippen LogP contribution in [0.25, 0.3) is 5.57 Å². The number of hydrogen-bond donors (Lipinski definition) is 3. The Morgan fingerprint density at radius 2 is 1.72 bits per heavy atom. The summed E-state index contributed by atoms with van der Waals surface area (Å²) < 4.78 is 5.73. The van der Waals surface area contributed by atoms with E-state index in [0.29, 0.717) is 6.42 Å². The average molecular weight is 338 g/mol. The second-order valence-electron chi connectivity index (χ2n) is 6.90. The molecule has 1 aliphatic carbocycles. The molecule has 2 aliphatic rings. The maximum atomic E-state index is 10.0. The molecule has 3 N–H and O–H groups in total. The van der Waals surface area contributed by atoms with Gasteiger partial charge < -0.3 is 20.1 Å². The van der Waals surface area contributed by atoms with Crippen LogP contribution < -0.4 is 0 Å². The van der Waals surface area contributed by atoms with Gasteiger partial charge in [-0.1, -0.05) is 42.5 Å². The summed E-state index contributed by atoms with van der Waals surface area (Å²) in [6.45, 7) is 0. The van der Waals surface area contributed by atoms with Gasteiger partial charge in [-0.3, -0.25) is 0 Å². The first-order chi connectivity index (χ1) is 12.1. The van der Waals surface area contributed by atoms with Crippen LogP contribution in [0.5, 0.6) is 5.75 Å². The van der Waals surface area contributed by atoms with E-state index in [1.54, 1.807) is 12.1 Å². The smallest absolute Gasteiger partial charge is 0.157 e. The number of aliphatic hydroxyl groups excluding tert-OH is 2. The van der Waals surface area contributed by atoms with Crippen LogP contribution in [0.4, 0.5) is 0 Å². The normalized spacial score (nSPS) is 28.5. The van der Waals surface area contributed by atoms with Crippen LogP contribution in [0.1, 0.15) is 35.4 Å². The monoisotopic (exact) mass is 338 g/mol. The van der Waals surface area contributed by atoms with E-state index in [-0.39, 0.29) is 24.2 Å². The van der Waals surface area contributed by atoms with E-state index in [9.17, 15) is 15.3 Å². The first kappa shape index (κ1) is 16.3. The fourth-order valence-electron chi connectivity index (χ4n) is 3.91. The van der Waals surface area contributed by atoms with Crippen molar-refractivity contribution in [3.8, 4) is 5.75 Å². The quantitative estimate of drug-likeness (QED) is 0.805. The van der Waals surface area contributed by atoms with E-state index < -0.39 is 12.4 Å². The fraction of sp³-hybridized carbons (Fsp3) is 0.333. The second-order valence-corrected chi connectivity index (χ2v) is 6.90. The lowest BCUT2D eigenvalue weighted by Gasteiger charge is -2.33. The number of rotatable bonds is 3. The minimum Gasteiger partial charge on any atom is -0.508 e. The molecule has 0 saturated carbocycles. The summed E-state index contributed by atoms with van der Waals surface area (Å²) in [6.07, 6.45) is 2.11. The van der Waals surface area contributed by atoms with E-state index in [2.05, 4.69) is 18.2 Å². The molecule has 4 nitrogen and oxygen atoms in total. The largest absolute Gasteiger partial charge is 0.508 e. The molecule has 130 valence electrons. The Kier molecular flexibility index (Phi) is 4.34. The molecule has 4 atom stereocenters. The molecule has 0 aromatic heterocycles. The summed E-state index contributed by atoms with van der Waals surface area (Å²) in [5.74, 6) is 0.300. The first-order valence-electron chi connectivity index (χ1n) is 8.69. The number of phenolic OH excluding ortho intramolecular Hbond substituents is 1. The maximum absolute atomic E-state index is 10.0. The standard InChI is InChI=1S/C21H22O4/c22-15-7-5-13(6-8-15)9-14-10-19(18-4-2-1-3-17(14)18)20-11-16(23)12-21(24)25-20/h1-8,10,16,19-24H,9,11-12H2/t16-,19?,20-,21+/m1/s1. The minimum atomic E-state index is -0.907. The summed E-state index contributed by atoms with van der Waals surface area (Å²) in [7, 11) is 0. The summed E-state index contributed by atoms with van der Waals surface area (Å²) >= 11 is 0. The van der Waals surface area contributed by atoms with Gasteiger partial charge in [0.2, 0.25) is 0 Å². The molecule has 25 heavy (non-hydrogen) atoms. The first-order valence-corrected chi connectivity index (χ1v) is 8.69. The van der Waals surface area contributed by atoms with Crippen molar-refractivity contribution in [2.45, 2.75) is 43.7 Å². The van der Waals surface area contributed by atoms with Crippen LogP contribution in [0.3, 0.4) is 0 Å². The zero-order valence-electron chi connectivity index (χ0n) is 13.9. The third kappa shape index (κ3) is 3.33. The number of fused-ring (bicyclic) bond motifs is 1. The molecule has 4 heteroatoms. The molecule has 1 unspecified atom stereocenters. The maximum Gasteiger partial charge on any atom is 0.157 e. The van der Waals surface area contributed by atoms with Crippen molar-refractivity contribution in [3.63, 3.8) is 0 Å². The number of aliphatic hydroxyl groups is 2. The van der Waals surface area contributed by atoms with Crippen LogP contribution in [0.15, 0.2) is 54.6 Å². The Morgan fingerprint density at radius 3 is 2.48 bits per heavy atom. The van der Waals surface area contributed by atoms with Gasteiger partial charge >= 0.3 is 0 Å². The van der Waals surface area contributed by atoms with Gasteiger partial charge in [-0.15, -0.1) is 0 Å². The predicted molar refractivity (Wildman–Crippen MR) is 95.1 cm³/mol. The molecule has 1 aliphatic heterocycles. The molecule has 2 aromatic rings. The summed E-state index contributed by atoms with van der Waals surface area (Å²) in [5.41, 5.74) is 4.72. The Morgan fingerprint density at radius 1 is 0.960 bits per heavy atom. The molecular weight excluding hydrogens is 316 g/mol. The molecule has 1 heterocycles. The van der Waals surface area contributed by atoms with Crippen LogP contribution in [-0.4, -0.2) is 33.8 Å². The van der Waals surface area contributed by atoms with E-state index in [1.165, 1.54) is 16.7 Å². The molecule has 0 amide bonds. The Balaban J connectivity index is 1.64. The molecule has 0 radical (unpaired) electrons. The van der Waals surface area contributed by atoms with Gasteiger partial charge in [0.1, 0.15) is 5.75 Å². The zero-order chi connectivity index (χ0) is 17.4. The highest BCUT2D eigenvalue weighted by Gasteiger charge is 2.36. The molecule has 1 saturated heterocycles. The van der Waals surface area contributed by atoms with Gasteiger partial charge in [0.05, 0.1) is 12.2 Å². The van der Waals surface area contributed by atoms with Gasteiger partial charge in [0.25, 0.3) is 0 Å². The molecule has 0 bridgehead atoms. The summed E-state index contributed by atoms with van der Waals surface area (Å²) in [6, 6.07) is 15.5. The van der Waals surface area contributed by atoms with Crippen LogP contribution in [0, 0.1) is 0 Å².